The van der Waals surface area contributed by atoms with Crippen molar-refractivity contribution in [3.05, 3.63) is 24.3 Å². The van der Waals surface area contributed by atoms with E-state index in [-0.39, 0.29) is 11.5 Å². The molecule has 1 heterocycles. The van der Waals surface area contributed by atoms with Crippen LogP contribution in [0.25, 0.3) is 0 Å². The van der Waals surface area contributed by atoms with Gasteiger partial charge in [0.25, 0.3) is 0 Å². The molecule has 1 aliphatic rings. The molecule has 1 saturated heterocycles. The standard InChI is InChI=1S/C15H22N2O2/c1-11(18)16-12-5-4-6-13(9-12)17-14-7-8-19-15(2,3)10-14/h4-6,9,14,17H,7-8,10H2,1-3H3,(H,16,18). The Morgan fingerprint density at radius 2 is 2.11 bits per heavy atom. The maximum absolute atomic E-state index is 11.1. The molecule has 1 aromatic rings. The van der Waals surface area contributed by atoms with E-state index >= 15 is 0 Å². The third-order valence-corrected chi connectivity index (χ3v) is 3.25. The Hall–Kier alpha value is -1.55. The van der Waals surface area contributed by atoms with Gasteiger partial charge in [-0.3, -0.25) is 4.79 Å². The van der Waals surface area contributed by atoms with E-state index in [2.05, 4.69) is 24.5 Å². The van der Waals surface area contributed by atoms with Crippen LogP contribution in [0.4, 0.5) is 11.4 Å². The molecule has 1 unspecified atom stereocenters. The zero-order valence-corrected chi connectivity index (χ0v) is 11.8. The lowest BCUT2D eigenvalue weighted by Gasteiger charge is -2.36. The molecule has 0 aromatic heterocycles. The number of ether oxygens (including phenoxy) is 1. The van der Waals surface area contributed by atoms with Crippen LogP contribution in [0.1, 0.15) is 33.6 Å². The average Bonchev–Trinajstić information content (AvgIpc) is 2.26. The number of benzene rings is 1. The number of rotatable bonds is 3. The van der Waals surface area contributed by atoms with E-state index in [1.807, 2.05) is 24.3 Å². The molecular formula is C15H22N2O2. The normalized spacial score (nSPS) is 21.7. The second-order valence-electron chi connectivity index (χ2n) is 5.70. The second kappa shape index (κ2) is 5.61. The van der Waals surface area contributed by atoms with Crippen LogP contribution >= 0.6 is 0 Å². The molecule has 1 aliphatic heterocycles. The van der Waals surface area contributed by atoms with Crippen molar-refractivity contribution >= 4 is 17.3 Å². The van der Waals surface area contributed by atoms with Crippen LogP contribution in [0.2, 0.25) is 0 Å². The zero-order chi connectivity index (χ0) is 13.9. The first-order chi connectivity index (χ1) is 8.94. The molecule has 4 nitrogen and oxygen atoms in total. The van der Waals surface area contributed by atoms with Crippen molar-refractivity contribution < 1.29 is 9.53 Å². The maximum Gasteiger partial charge on any atom is 0.221 e. The molecule has 2 N–H and O–H groups in total. The summed E-state index contributed by atoms with van der Waals surface area (Å²) in [7, 11) is 0. The Bertz CT molecular complexity index is 457. The fourth-order valence-electron chi connectivity index (χ4n) is 2.48. The van der Waals surface area contributed by atoms with Gasteiger partial charge in [-0.2, -0.15) is 0 Å². The molecule has 0 radical (unpaired) electrons. The van der Waals surface area contributed by atoms with Crippen molar-refractivity contribution in [1.82, 2.24) is 0 Å². The van der Waals surface area contributed by atoms with Gasteiger partial charge in [-0.1, -0.05) is 6.07 Å². The summed E-state index contributed by atoms with van der Waals surface area (Å²) < 4.78 is 5.71. The van der Waals surface area contributed by atoms with Crippen LogP contribution in [0, 0.1) is 0 Å². The lowest BCUT2D eigenvalue weighted by molar-refractivity contribution is -0.114. The smallest absolute Gasteiger partial charge is 0.221 e. The van der Waals surface area contributed by atoms with Crippen molar-refractivity contribution in [2.45, 2.75) is 45.3 Å². The van der Waals surface area contributed by atoms with E-state index in [4.69, 9.17) is 4.74 Å². The summed E-state index contributed by atoms with van der Waals surface area (Å²) in [5.41, 5.74) is 1.79. The van der Waals surface area contributed by atoms with Gasteiger partial charge in [-0.25, -0.2) is 0 Å². The highest BCUT2D eigenvalue weighted by Gasteiger charge is 2.28. The summed E-state index contributed by atoms with van der Waals surface area (Å²) in [5.74, 6) is -0.0515. The lowest BCUT2D eigenvalue weighted by Crippen LogP contribution is -2.40. The summed E-state index contributed by atoms with van der Waals surface area (Å²) in [5, 5.41) is 6.31. The molecule has 104 valence electrons. The summed E-state index contributed by atoms with van der Waals surface area (Å²) in [6, 6.07) is 8.23. The van der Waals surface area contributed by atoms with Crippen molar-refractivity contribution in [2.75, 3.05) is 17.2 Å². The highest BCUT2D eigenvalue weighted by Crippen LogP contribution is 2.27. The molecule has 0 saturated carbocycles. The van der Waals surface area contributed by atoms with Crippen LogP contribution in [-0.4, -0.2) is 24.2 Å². The Kier molecular flexibility index (Phi) is 4.10. The third-order valence-electron chi connectivity index (χ3n) is 3.25. The number of anilines is 2. The minimum atomic E-state index is -0.0643. The van der Waals surface area contributed by atoms with Gasteiger partial charge in [0.2, 0.25) is 5.91 Å². The summed E-state index contributed by atoms with van der Waals surface area (Å²) in [6.45, 7) is 6.54. The fraction of sp³-hybridized carbons (Fsp3) is 0.533. The highest BCUT2D eigenvalue weighted by atomic mass is 16.5. The quantitative estimate of drug-likeness (QED) is 0.880. The van der Waals surface area contributed by atoms with Crippen molar-refractivity contribution in [2.24, 2.45) is 0 Å². The fourth-order valence-corrected chi connectivity index (χ4v) is 2.48. The monoisotopic (exact) mass is 262 g/mol. The SMILES string of the molecule is CC(=O)Nc1cccc(NC2CCOC(C)(C)C2)c1. The molecular weight excluding hydrogens is 240 g/mol. The van der Waals surface area contributed by atoms with E-state index in [1.54, 1.807) is 0 Å². The Balaban J connectivity index is 2.00. The van der Waals surface area contributed by atoms with Gasteiger partial charge >= 0.3 is 0 Å². The van der Waals surface area contributed by atoms with Crippen molar-refractivity contribution in [3.8, 4) is 0 Å². The number of hydrogen-bond donors (Lipinski definition) is 2. The molecule has 19 heavy (non-hydrogen) atoms. The number of carbonyl (C=O) groups is 1. The van der Waals surface area contributed by atoms with Crippen molar-refractivity contribution in [3.63, 3.8) is 0 Å². The van der Waals surface area contributed by atoms with Gasteiger partial charge in [-0.05, 0) is 44.9 Å². The van der Waals surface area contributed by atoms with Gasteiger partial charge in [0.15, 0.2) is 0 Å². The van der Waals surface area contributed by atoms with Gasteiger partial charge in [0.1, 0.15) is 0 Å². The van der Waals surface area contributed by atoms with E-state index in [0.717, 1.165) is 30.8 Å². The number of carbonyl (C=O) groups excluding carboxylic acids is 1. The highest BCUT2D eigenvalue weighted by molar-refractivity contribution is 5.89. The summed E-state index contributed by atoms with van der Waals surface area (Å²) in [6.07, 6.45) is 1.99. The zero-order valence-electron chi connectivity index (χ0n) is 11.8. The molecule has 1 aromatic carbocycles. The largest absolute Gasteiger partial charge is 0.382 e. The molecule has 2 rings (SSSR count). The van der Waals surface area contributed by atoms with Crippen LogP contribution < -0.4 is 10.6 Å². The van der Waals surface area contributed by atoms with Crippen molar-refractivity contribution in [1.29, 1.82) is 0 Å². The molecule has 0 aliphatic carbocycles. The van der Waals surface area contributed by atoms with Crippen LogP contribution in [-0.2, 0) is 9.53 Å². The number of hydrogen-bond acceptors (Lipinski definition) is 3. The van der Waals surface area contributed by atoms with Crippen LogP contribution in [0.3, 0.4) is 0 Å². The predicted octanol–water partition coefficient (Wildman–Crippen LogP) is 3.01. The third kappa shape index (κ3) is 4.24. The summed E-state index contributed by atoms with van der Waals surface area (Å²) in [4.78, 5) is 11.1. The number of nitrogens with one attached hydrogen (secondary N) is 2. The van der Waals surface area contributed by atoms with E-state index in [0.29, 0.717) is 6.04 Å². The molecule has 1 amide bonds. The first kappa shape index (κ1) is 13.9. The van der Waals surface area contributed by atoms with Crippen LogP contribution in [0.5, 0.6) is 0 Å². The minimum absolute atomic E-state index is 0.0515. The predicted molar refractivity (Wildman–Crippen MR) is 77.4 cm³/mol. The van der Waals surface area contributed by atoms with E-state index < -0.39 is 0 Å². The van der Waals surface area contributed by atoms with Gasteiger partial charge in [0.05, 0.1) is 5.60 Å². The van der Waals surface area contributed by atoms with E-state index in [9.17, 15) is 4.79 Å². The summed E-state index contributed by atoms with van der Waals surface area (Å²) >= 11 is 0. The molecule has 0 bridgehead atoms. The van der Waals surface area contributed by atoms with Gasteiger partial charge < -0.3 is 15.4 Å². The lowest BCUT2D eigenvalue weighted by atomic mass is 9.94. The minimum Gasteiger partial charge on any atom is -0.382 e. The Morgan fingerprint density at radius 3 is 2.79 bits per heavy atom. The maximum atomic E-state index is 11.1. The first-order valence-electron chi connectivity index (χ1n) is 6.73. The van der Waals surface area contributed by atoms with Crippen LogP contribution in [0.15, 0.2) is 24.3 Å². The first-order valence-corrected chi connectivity index (χ1v) is 6.73. The molecule has 1 atom stereocenters. The Labute approximate surface area is 114 Å². The Morgan fingerprint density at radius 1 is 1.37 bits per heavy atom. The van der Waals surface area contributed by atoms with E-state index in [1.165, 1.54) is 6.92 Å². The molecule has 0 spiro atoms. The number of amides is 1. The molecule has 1 fully saturated rings. The second-order valence-corrected chi connectivity index (χ2v) is 5.70. The average molecular weight is 262 g/mol. The van der Waals surface area contributed by atoms with Gasteiger partial charge in [-0.15, -0.1) is 0 Å². The topological polar surface area (TPSA) is 50.4 Å². The van der Waals surface area contributed by atoms with Gasteiger partial charge in [0, 0.05) is 30.9 Å². The molecule has 4 heteroatoms.